The van der Waals surface area contributed by atoms with E-state index in [-0.39, 0.29) is 6.61 Å². The molecule has 2 aromatic carbocycles. The lowest BCUT2D eigenvalue weighted by Crippen LogP contribution is -2.32. The van der Waals surface area contributed by atoms with Crippen molar-refractivity contribution in [3.05, 3.63) is 59.7 Å². The normalized spacial score (nSPS) is 13.8. The van der Waals surface area contributed by atoms with Crippen LogP contribution in [-0.2, 0) is 13.2 Å². The zero-order valence-corrected chi connectivity index (χ0v) is 10.7. The number of hydrogen-bond donors (Lipinski definition) is 1. The number of ether oxygens (including phenoxy) is 1. The molecular formula is C16H17NO2. The van der Waals surface area contributed by atoms with Gasteiger partial charge in [-0.3, -0.25) is 0 Å². The fourth-order valence-corrected chi connectivity index (χ4v) is 2.39. The molecule has 98 valence electrons. The number of aliphatic hydroxyl groups excluding tert-OH is 1. The van der Waals surface area contributed by atoms with E-state index < -0.39 is 0 Å². The maximum absolute atomic E-state index is 9.17. The summed E-state index contributed by atoms with van der Waals surface area (Å²) in [5, 5.41) is 9.17. The van der Waals surface area contributed by atoms with Crippen LogP contribution in [0.1, 0.15) is 11.1 Å². The molecular weight excluding hydrogens is 238 g/mol. The third-order valence-electron chi connectivity index (χ3n) is 3.38. The van der Waals surface area contributed by atoms with Gasteiger partial charge in [0.05, 0.1) is 18.8 Å². The number of fused-ring (bicyclic) bond motifs is 1. The second-order valence-corrected chi connectivity index (χ2v) is 4.72. The molecule has 0 aromatic heterocycles. The Morgan fingerprint density at radius 3 is 2.68 bits per heavy atom. The van der Waals surface area contributed by atoms with Crippen molar-refractivity contribution in [1.82, 2.24) is 0 Å². The Bertz CT molecular complexity index is 554. The molecule has 0 aliphatic carbocycles. The van der Waals surface area contributed by atoms with E-state index in [1.54, 1.807) is 0 Å². The molecule has 0 amide bonds. The Morgan fingerprint density at radius 2 is 1.89 bits per heavy atom. The van der Waals surface area contributed by atoms with Crippen LogP contribution < -0.4 is 9.64 Å². The van der Waals surface area contributed by atoms with Gasteiger partial charge in [0.15, 0.2) is 0 Å². The maximum Gasteiger partial charge on any atom is 0.143 e. The Balaban J connectivity index is 1.86. The standard InChI is InChI=1S/C16H17NO2/c18-12-14-6-7-15-16(10-14)19-9-8-17(15)11-13-4-2-1-3-5-13/h1-7,10,18H,8-9,11-12H2. The summed E-state index contributed by atoms with van der Waals surface area (Å²) >= 11 is 0. The molecule has 19 heavy (non-hydrogen) atoms. The molecule has 0 unspecified atom stereocenters. The van der Waals surface area contributed by atoms with Gasteiger partial charge >= 0.3 is 0 Å². The lowest BCUT2D eigenvalue weighted by Gasteiger charge is -2.31. The van der Waals surface area contributed by atoms with Crippen molar-refractivity contribution in [2.75, 3.05) is 18.1 Å². The van der Waals surface area contributed by atoms with Crippen molar-refractivity contribution in [3.63, 3.8) is 0 Å². The predicted octanol–water partition coefficient (Wildman–Crippen LogP) is 2.58. The van der Waals surface area contributed by atoms with E-state index in [0.717, 1.165) is 30.1 Å². The monoisotopic (exact) mass is 255 g/mol. The molecule has 0 bridgehead atoms. The number of anilines is 1. The highest BCUT2D eigenvalue weighted by molar-refractivity contribution is 5.61. The largest absolute Gasteiger partial charge is 0.490 e. The highest BCUT2D eigenvalue weighted by Crippen LogP contribution is 2.33. The van der Waals surface area contributed by atoms with Crippen LogP contribution in [0.3, 0.4) is 0 Å². The first-order valence-electron chi connectivity index (χ1n) is 6.52. The van der Waals surface area contributed by atoms with E-state index in [2.05, 4.69) is 29.2 Å². The van der Waals surface area contributed by atoms with Crippen LogP contribution in [0.15, 0.2) is 48.5 Å². The second kappa shape index (κ2) is 5.33. The van der Waals surface area contributed by atoms with Gasteiger partial charge in [0.1, 0.15) is 12.4 Å². The fraction of sp³-hybridized carbons (Fsp3) is 0.250. The predicted molar refractivity (Wildman–Crippen MR) is 75.4 cm³/mol. The highest BCUT2D eigenvalue weighted by Gasteiger charge is 2.18. The van der Waals surface area contributed by atoms with Crippen LogP contribution in [0.2, 0.25) is 0 Å². The second-order valence-electron chi connectivity index (χ2n) is 4.72. The van der Waals surface area contributed by atoms with Gasteiger partial charge in [-0.25, -0.2) is 0 Å². The Labute approximate surface area is 113 Å². The topological polar surface area (TPSA) is 32.7 Å². The molecule has 3 nitrogen and oxygen atoms in total. The molecule has 0 radical (unpaired) electrons. The minimum atomic E-state index is 0.0509. The van der Waals surface area contributed by atoms with Crippen molar-refractivity contribution in [2.24, 2.45) is 0 Å². The Hall–Kier alpha value is -2.00. The van der Waals surface area contributed by atoms with Gasteiger partial charge in [-0.15, -0.1) is 0 Å². The van der Waals surface area contributed by atoms with Gasteiger partial charge in [0.25, 0.3) is 0 Å². The zero-order valence-electron chi connectivity index (χ0n) is 10.7. The van der Waals surface area contributed by atoms with Crippen molar-refractivity contribution in [1.29, 1.82) is 0 Å². The van der Waals surface area contributed by atoms with E-state index in [4.69, 9.17) is 4.74 Å². The van der Waals surface area contributed by atoms with Crippen molar-refractivity contribution in [3.8, 4) is 5.75 Å². The first-order valence-corrected chi connectivity index (χ1v) is 6.52. The first-order chi connectivity index (χ1) is 9.36. The molecule has 2 aromatic rings. The van der Waals surface area contributed by atoms with Crippen LogP contribution in [-0.4, -0.2) is 18.3 Å². The molecule has 0 fully saturated rings. The summed E-state index contributed by atoms with van der Waals surface area (Å²) in [5.41, 5.74) is 3.29. The van der Waals surface area contributed by atoms with Crippen LogP contribution in [0.5, 0.6) is 5.75 Å². The quantitative estimate of drug-likeness (QED) is 0.915. The first kappa shape index (κ1) is 12.1. The molecule has 1 N–H and O–H groups in total. The highest BCUT2D eigenvalue weighted by atomic mass is 16.5. The van der Waals surface area contributed by atoms with Gasteiger partial charge in [0.2, 0.25) is 0 Å². The van der Waals surface area contributed by atoms with Crippen LogP contribution in [0, 0.1) is 0 Å². The average molecular weight is 255 g/mol. The van der Waals surface area contributed by atoms with E-state index in [1.807, 2.05) is 24.3 Å². The summed E-state index contributed by atoms with van der Waals surface area (Å²) < 4.78 is 5.68. The van der Waals surface area contributed by atoms with E-state index in [0.29, 0.717) is 6.61 Å². The number of benzene rings is 2. The summed E-state index contributed by atoms with van der Waals surface area (Å²) in [6, 6.07) is 16.3. The SMILES string of the molecule is OCc1ccc2c(c1)OCCN2Cc1ccccc1. The van der Waals surface area contributed by atoms with Gasteiger partial charge in [0, 0.05) is 6.54 Å². The number of aliphatic hydroxyl groups is 1. The molecule has 3 rings (SSSR count). The van der Waals surface area contributed by atoms with Crippen LogP contribution in [0.4, 0.5) is 5.69 Å². The summed E-state index contributed by atoms with van der Waals surface area (Å²) in [6.07, 6.45) is 0. The Morgan fingerprint density at radius 1 is 1.05 bits per heavy atom. The lowest BCUT2D eigenvalue weighted by molar-refractivity contribution is 0.278. The van der Waals surface area contributed by atoms with Gasteiger partial charge in [-0.05, 0) is 23.3 Å². The molecule has 0 saturated heterocycles. The summed E-state index contributed by atoms with van der Waals surface area (Å²) in [5.74, 6) is 0.869. The smallest absolute Gasteiger partial charge is 0.143 e. The van der Waals surface area contributed by atoms with Crippen LogP contribution in [0.25, 0.3) is 0 Å². The molecule has 0 saturated carbocycles. The van der Waals surface area contributed by atoms with E-state index in [1.165, 1.54) is 5.56 Å². The third kappa shape index (κ3) is 2.56. The fourth-order valence-electron chi connectivity index (χ4n) is 2.39. The molecule has 1 heterocycles. The number of hydrogen-bond acceptors (Lipinski definition) is 3. The minimum absolute atomic E-state index is 0.0509. The van der Waals surface area contributed by atoms with Gasteiger partial charge in [-0.2, -0.15) is 0 Å². The van der Waals surface area contributed by atoms with E-state index in [9.17, 15) is 5.11 Å². The molecule has 0 spiro atoms. The summed E-state index contributed by atoms with van der Waals surface area (Å²) in [4.78, 5) is 2.31. The Kier molecular flexibility index (Phi) is 3.38. The van der Waals surface area contributed by atoms with Crippen LogP contribution >= 0.6 is 0 Å². The zero-order chi connectivity index (χ0) is 13.1. The van der Waals surface area contributed by atoms with Gasteiger partial charge < -0.3 is 14.7 Å². The minimum Gasteiger partial charge on any atom is -0.490 e. The maximum atomic E-state index is 9.17. The molecule has 1 aliphatic heterocycles. The average Bonchev–Trinajstić information content (AvgIpc) is 2.48. The van der Waals surface area contributed by atoms with Gasteiger partial charge in [-0.1, -0.05) is 36.4 Å². The third-order valence-corrected chi connectivity index (χ3v) is 3.38. The number of nitrogens with zero attached hydrogens (tertiary/aromatic N) is 1. The van der Waals surface area contributed by atoms with Crippen molar-refractivity contribution in [2.45, 2.75) is 13.2 Å². The van der Waals surface area contributed by atoms with Crippen molar-refractivity contribution >= 4 is 5.69 Å². The molecule has 3 heteroatoms. The molecule has 1 aliphatic rings. The lowest BCUT2D eigenvalue weighted by atomic mass is 10.1. The summed E-state index contributed by atoms with van der Waals surface area (Å²) in [7, 11) is 0. The van der Waals surface area contributed by atoms with E-state index >= 15 is 0 Å². The van der Waals surface area contributed by atoms with Crippen molar-refractivity contribution < 1.29 is 9.84 Å². The number of rotatable bonds is 3. The summed E-state index contributed by atoms with van der Waals surface area (Å²) in [6.45, 7) is 2.51. The molecule has 0 atom stereocenters.